The largest absolute Gasteiger partial charge is 0.493 e. The molecule has 2 aromatic rings. The summed E-state index contributed by atoms with van der Waals surface area (Å²) in [5.41, 5.74) is 1.45. The second-order valence-corrected chi connectivity index (χ2v) is 7.61. The lowest BCUT2D eigenvalue weighted by molar-refractivity contribution is -0.135. The monoisotopic (exact) mass is 393 g/mol. The molecule has 4 rings (SSSR count). The Morgan fingerprint density at radius 3 is 2.69 bits per heavy atom. The number of nitrogens with zero attached hydrogens (tertiary/aromatic N) is 1. The minimum Gasteiger partial charge on any atom is -0.493 e. The Morgan fingerprint density at radius 1 is 1.21 bits per heavy atom. The summed E-state index contributed by atoms with van der Waals surface area (Å²) in [5.74, 6) is -0.0803. The number of fused-ring (bicyclic) bond motifs is 1. The van der Waals surface area contributed by atoms with Crippen molar-refractivity contribution in [1.29, 1.82) is 0 Å². The van der Waals surface area contributed by atoms with Gasteiger partial charge in [-0.15, -0.1) is 0 Å². The van der Waals surface area contributed by atoms with E-state index in [2.05, 4.69) is 10.6 Å². The molecular weight excluding hydrogens is 370 g/mol. The molecule has 0 aromatic heterocycles. The average Bonchev–Trinajstić information content (AvgIpc) is 2.92. The number of para-hydroxylation sites is 1. The van der Waals surface area contributed by atoms with Crippen LogP contribution in [0, 0.1) is 6.92 Å². The highest BCUT2D eigenvalue weighted by atomic mass is 16.5. The molecule has 0 saturated carbocycles. The fourth-order valence-electron chi connectivity index (χ4n) is 3.80. The van der Waals surface area contributed by atoms with Gasteiger partial charge >= 0.3 is 6.03 Å². The SMILES string of the molecule is Cc1ccc([C@]2(C)NC(=O)N(CC(=O)N[C@H]3CCOc4ccccc43)C2=O)cc1. The number of urea groups is 1. The van der Waals surface area contributed by atoms with Gasteiger partial charge in [0.25, 0.3) is 5.91 Å². The summed E-state index contributed by atoms with van der Waals surface area (Å²) in [6, 6.07) is 14.2. The van der Waals surface area contributed by atoms with Crippen LogP contribution < -0.4 is 15.4 Å². The Bertz CT molecular complexity index is 972. The normalized spacial score (nSPS) is 23.2. The number of hydrogen-bond acceptors (Lipinski definition) is 4. The maximum atomic E-state index is 13.0. The van der Waals surface area contributed by atoms with Crippen molar-refractivity contribution in [3.63, 3.8) is 0 Å². The van der Waals surface area contributed by atoms with Crippen molar-refractivity contribution in [2.45, 2.75) is 31.8 Å². The molecule has 29 heavy (non-hydrogen) atoms. The molecule has 2 aliphatic rings. The second-order valence-electron chi connectivity index (χ2n) is 7.61. The topological polar surface area (TPSA) is 87.7 Å². The Hall–Kier alpha value is -3.35. The summed E-state index contributed by atoms with van der Waals surface area (Å²) in [4.78, 5) is 39.1. The first-order valence-corrected chi connectivity index (χ1v) is 9.61. The van der Waals surface area contributed by atoms with Gasteiger partial charge in [-0.3, -0.25) is 14.5 Å². The number of benzene rings is 2. The second kappa shape index (κ2) is 7.24. The molecule has 2 aromatic carbocycles. The van der Waals surface area contributed by atoms with E-state index in [4.69, 9.17) is 4.74 Å². The van der Waals surface area contributed by atoms with Crippen molar-refractivity contribution in [3.8, 4) is 5.75 Å². The van der Waals surface area contributed by atoms with Gasteiger partial charge in [0.15, 0.2) is 0 Å². The molecule has 2 aliphatic heterocycles. The Labute approximate surface area is 169 Å². The average molecular weight is 393 g/mol. The highest BCUT2D eigenvalue weighted by Crippen LogP contribution is 2.32. The number of amides is 4. The van der Waals surface area contributed by atoms with Crippen molar-refractivity contribution in [3.05, 3.63) is 65.2 Å². The number of hydrogen-bond donors (Lipinski definition) is 2. The van der Waals surface area contributed by atoms with Crippen molar-refractivity contribution in [2.24, 2.45) is 0 Å². The third-order valence-corrected chi connectivity index (χ3v) is 5.50. The minimum atomic E-state index is -1.18. The van der Waals surface area contributed by atoms with Gasteiger partial charge in [-0.25, -0.2) is 4.79 Å². The molecule has 0 spiro atoms. The lowest BCUT2D eigenvalue weighted by atomic mass is 9.91. The van der Waals surface area contributed by atoms with Gasteiger partial charge in [0.05, 0.1) is 12.6 Å². The molecule has 0 unspecified atom stereocenters. The van der Waals surface area contributed by atoms with Crippen molar-refractivity contribution in [1.82, 2.24) is 15.5 Å². The summed E-state index contributed by atoms with van der Waals surface area (Å²) in [7, 11) is 0. The molecule has 0 bridgehead atoms. The van der Waals surface area contributed by atoms with E-state index < -0.39 is 17.5 Å². The van der Waals surface area contributed by atoms with Gasteiger partial charge < -0.3 is 15.4 Å². The van der Waals surface area contributed by atoms with Crippen LogP contribution in [0.4, 0.5) is 4.79 Å². The molecule has 0 radical (unpaired) electrons. The van der Waals surface area contributed by atoms with Crippen LogP contribution in [0.15, 0.2) is 48.5 Å². The molecule has 150 valence electrons. The third-order valence-electron chi connectivity index (χ3n) is 5.50. The molecule has 7 nitrogen and oxygen atoms in total. The van der Waals surface area contributed by atoms with E-state index in [1.54, 1.807) is 6.92 Å². The first kappa shape index (κ1) is 19.0. The van der Waals surface area contributed by atoms with Gasteiger partial charge in [-0.05, 0) is 25.5 Å². The Kier molecular flexibility index (Phi) is 4.74. The summed E-state index contributed by atoms with van der Waals surface area (Å²) in [6.07, 6.45) is 0.629. The van der Waals surface area contributed by atoms with Crippen LogP contribution in [-0.2, 0) is 15.1 Å². The molecule has 7 heteroatoms. The molecular formula is C22H23N3O4. The van der Waals surface area contributed by atoms with Gasteiger partial charge in [0, 0.05) is 12.0 Å². The van der Waals surface area contributed by atoms with E-state index >= 15 is 0 Å². The van der Waals surface area contributed by atoms with Gasteiger partial charge in [0.1, 0.15) is 17.8 Å². The van der Waals surface area contributed by atoms with Gasteiger partial charge in [-0.1, -0.05) is 48.0 Å². The minimum absolute atomic E-state index is 0.211. The summed E-state index contributed by atoms with van der Waals surface area (Å²) in [5, 5.41) is 5.65. The van der Waals surface area contributed by atoms with Crippen LogP contribution in [-0.4, -0.2) is 35.9 Å². The number of imide groups is 1. The van der Waals surface area contributed by atoms with Crippen LogP contribution in [0.1, 0.15) is 36.1 Å². The molecule has 1 saturated heterocycles. The van der Waals surface area contributed by atoms with Gasteiger partial charge in [0.2, 0.25) is 5.91 Å². The van der Waals surface area contributed by atoms with Crippen molar-refractivity contribution >= 4 is 17.8 Å². The van der Waals surface area contributed by atoms with E-state index in [1.807, 2.05) is 55.5 Å². The predicted octanol–water partition coefficient (Wildman–Crippen LogP) is 2.40. The zero-order valence-corrected chi connectivity index (χ0v) is 16.4. The fraction of sp³-hybridized carbons (Fsp3) is 0.318. The predicted molar refractivity (Wildman–Crippen MR) is 106 cm³/mol. The molecule has 2 atom stereocenters. The number of nitrogens with one attached hydrogen (secondary N) is 2. The summed E-state index contributed by atoms with van der Waals surface area (Å²) < 4.78 is 5.61. The van der Waals surface area contributed by atoms with E-state index in [-0.39, 0.29) is 18.5 Å². The maximum absolute atomic E-state index is 13.0. The first-order chi connectivity index (χ1) is 13.9. The first-order valence-electron chi connectivity index (χ1n) is 9.61. The zero-order chi connectivity index (χ0) is 20.6. The molecule has 4 amide bonds. The highest BCUT2D eigenvalue weighted by Gasteiger charge is 2.49. The van der Waals surface area contributed by atoms with E-state index in [9.17, 15) is 14.4 Å². The molecule has 0 aliphatic carbocycles. The Balaban J connectivity index is 1.47. The van der Waals surface area contributed by atoms with Crippen molar-refractivity contribution in [2.75, 3.05) is 13.2 Å². The zero-order valence-electron chi connectivity index (χ0n) is 16.4. The van der Waals surface area contributed by atoms with Gasteiger partial charge in [-0.2, -0.15) is 0 Å². The summed E-state index contributed by atoms with van der Waals surface area (Å²) >= 11 is 0. The number of aryl methyl sites for hydroxylation is 1. The van der Waals surface area contributed by atoms with E-state index in [0.717, 1.165) is 21.8 Å². The highest BCUT2D eigenvalue weighted by molar-refractivity contribution is 6.09. The van der Waals surface area contributed by atoms with Crippen LogP contribution in [0.25, 0.3) is 0 Å². The Morgan fingerprint density at radius 2 is 1.93 bits per heavy atom. The maximum Gasteiger partial charge on any atom is 0.325 e. The van der Waals surface area contributed by atoms with Crippen LogP contribution in [0.2, 0.25) is 0 Å². The van der Waals surface area contributed by atoms with Crippen LogP contribution >= 0.6 is 0 Å². The van der Waals surface area contributed by atoms with Crippen molar-refractivity contribution < 1.29 is 19.1 Å². The lowest BCUT2D eigenvalue weighted by Crippen LogP contribution is -2.44. The number of ether oxygens (including phenoxy) is 1. The summed E-state index contributed by atoms with van der Waals surface area (Å²) in [6.45, 7) is 3.78. The number of rotatable bonds is 4. The quantitative estimate of drug-likeness (QED) is 0.781. The van der Waals surface area contributed by atoms with E-state index in [0.29, 0.717) is 18.6 Å². The third kappa shape index (κ3) is 3.44. The molecule has 2 N–H and O–H groups in total. The van der Waals surface area contributed by atoms with E-state index in [1.165, 1.54) is 0 Å². The molecule has 1 fully saturated rings. The fourth-order valence-corrected chi connectivity index (χ4v) is 3.80. The smallest absolute Gasteiger partial charge is 0.325 e. The van der Waals surface area contributed by atoms with Crippen LogP contribution in [0.5, 0.6) is 5.75 Å². The molecule has 2 heterocycles. The number of carbonyl (C=O) groups excluding carboxylic acids is 3. The van der Waals surface area contributed by atoms with Crippen LogP contribution in [0.3, 0.4) is 0 Å². The lowest BCUT2D eigenvalue weighted by Gasteiger charge is -2.27. The standard InChI is InChI=1S/C22H23N3O4/c1-14-7-9-15(10-8-14)22(2)20(27)25(21(28)24-22)13-19(26)23-17-11-12-29-18-6-4-3-5-16(17)18/h3-10,17H,11-13H2,1-2H3,(H,23,26)(H,24,28)/t17-,22-/m0/s1. The number of carbonyl (C=O) groups is 3.